The molecule has 0 atom stereocenters. The van der Waals surface area contributed by atoms with Gasteiger partial charge in [-0.15, -0.1) is 0 Å². The Morgan fingerprint density at radius 2 is 2.11 bits per heavy atom. The average Bonchev–Trinajstić information content (AvgIpc) is 3.08. The van der Waals surface area contributed by atoms with Crippen molar-refractivity contribution in [1.29, 1.82) is 0 Å². The number of ether oxygens (including phenoxy) is 1. The number of nitrogens with zero attached hydrogens (tertiary/aromatic N) is 1. The predicted molar refractivity (Wildman–Crippen MR) is 70.1 cm³/mol. The number of amidine groups is 1. The van der Waals surface area contributed by atoms with Gasteiger partial charge < -0.3 is 14.5 Å². The van der Waals surface area contributed by atoms with Gasteiger partial charge >= 0.3 is 0 Å². The summed E-state index contributed by atoms with van der Waals surface area (Å²) in [6.07, 6.45) is 1.69. The van der Waals surface area contributed by atoms with Crippen molar-refractivity contribution >= 4 is 5.84 Å². The van der Waals surface area contributed by atoms with Gasteiger partial charge in [0.25, 0.3) is 0 Å². The van der Waals surface area contributed by atoms with Crippen LogP contribution >= 0.6 is 0 Å². The minimum atomic E-state index is 0.731. The van der Waals surface area contributed by atoms with Crippen LogP contribution in [-0.4, -0.2) is 26.0 Å². The van der Waals surface area contributed by atoms with Crippen LogP contribution in [-0.2, 0) is 0 Å². The predicted octanol–water partition coefficient (Wildman–Crippen LogP) is 2.31. The smallest absolute Gasteiger partial charge is 0.176 e. The van der Waals surface area contributed by atoms with Gasteiger partial charge in [-0.3, -0.25) is 4.99 Å². The topological polar surface area (TPSA) is 46.8 Å². The minimum absolute atomic E-state index is 0.731. The van der Waals surface area contributed by atoms with E-state index in [1.807, 2.05) is 30.3 Å². The van der Waals surface area contributed by atoms with Gasteiger partial charge in [0, 0.05) is 12.1 Å². The third-order valence-corrected chi connectivity index (χ3v) is 2.91. The van der Waals surface area contributed by atoms with E-state index in [0.717, 1.165) is 41.6 Å². The molecule has 0 amide bonds. The molecule has 0 radical (unpaired) electrons. The molecular formula is C14H14N2O2. The van der Waals surface area contributed by atoms with Crippen LogP contribution in [0.4, 0.5) is 0 Å². The Hall–Kier alpha value is -2.23. The summed E-state index contributed by atoms with van der Waals surface area (Å²) in [6, 6.07) is 9.91. The lowest BCUT2D eigenvalue weighted by Crippen LogP contribution is -2.19. The molecule has 4 nitrogen and oxygen atoms in total. The van der Waals surface area contributed by atoms with Gasteiger partial charge in [0.1, 0.15) is 12.1 Å². The van der Waals surface area contributed by atoms with Crippen molar-refractivity contribution in [3.05, 3.63) is 42.2 Å². The van der Waals surface area contributed by atoms with Crippen LogP contribution in [0.15, 0.2) is 46.0 Å². The highest BCUT2D eigenvalue weighted by molar-refractivity contribution is 6.03. The second kappa shape index (κ2) is 4.56. The van der Waals surface area contributed by atoms with Gasteiger partial charge in [0.05, 0.1) is 19.2 Å². The molecule has 1 aromatic carbocycles. The van der Waals surface area contributed by atoms with Crippen molar-refractivity contribution in [1.82, 2.24) is 5.32 Å². The maximum Gasteiger partial charge on any atom is 0.176 e. The molecule has 0 saturated carbocycles. The molecule has 1 aromatic heterocycles. The zero-order valence-electron chi connectivity index (χ0n) is 10.1. The van der Waals surface area contributed by atoms with Crippen LogP contribution in [0.3, 0.4) is 0 Å². The molecule has 0 fully saturated rings. The number of aliphatic imine (C=N–C) groups is 1. The lowest BCUT2D eigenvalue weighted by atomic mass is 10.1. The Bertz CT molecular complexity index is 573. The van der Waals surface area contributed by atoms with Crippen molar-refractivity contribution in [3.8, 4) is 17.1 Å². The summed E-state index contributed by atoms with van der Waals surface area (Å²) in [5.74, 6) is 2.32. The van der Waals surface area contributed by atoms with Gasteiger partial charge in [-0.1, -0.05) is 30.3 Å². The normalized spacial score (nSPS) is 14.2. The number of furan rings is 1. The molecule has 0 saturated heterocycles. The molecule has 0 aliphatic carbocycles. The Kier molecular flexibility index (Phi) is 2.76. The molecule has 92 valence electrons. The third-order valence-electron chi connectivity index (χ3n) is 2.91. The van der Waals surface area contributed by atoms with Crippen LogP contribution in [0, 0.1) is 0 Å². The number of benzene rings is 1. The monoisotopic (exact) mass is 242 g/mol. The average molecular weight is 242 g/mol. The Morgan fingerprint density at radius 1 is 1.28 bits per heavy atom. The van der Waals surface area contributed by atoms with Crippen molar-refractivity contribution in [2.45, 2.75) is 0 Å². The summed E-state index contributed by atoms with van der Waals surface area (Å²) in [6.45, 7) is 1.66. The third kappa shape index (κ3) is 1.76. The quantitative estimate of drug-likeness (QED) is 0.898. The highest BCUT2D eigenvalue weighted by atomic mass is 16.5. The molecule has 3 rings (SSSR count). The first-order valence-electron chi connectivity index (χ1n) is 5.89. The van der Waals surface area contributed by atoms with Crippen molar-refractivity contribution in [3.63, 3.8) is 0 Å². The maximum atomic E-state index is 5.64. The summed E-state index contributed by atoms with van der Waals surface area (Å²) in [5.41, 5.74) is 1.88. The molecule has 2 aromatic rings. The molecule has 2 heterocycles. The highest BCUT2D eigenvalue weighted by Crippen LogP contribution is 2.35. The Morgan fingerprint density at radius 3 is 2.78 bits per heavy atom. The zero-order valence-corrected chi connectivity index (χ0v) is 10.1. The SMILES string of the molecule is COc1c(C2=NCCN2)coc1-c1ccccc1. The number of hydrogen-bond donors (Lipinski definition) is 1. The van der Waals surface area contributed by atoms with Crippen LogP contribution in [0.1, 0.15) is 5.56 Å². The van der Waals surface area contributed by atoms with E-state index in [1.54, 1.807) is 13.4 Å². The fraction of sp³-hybridized carbons (Fsp3) is 0.214. The molecule has 4 heteroatoms. The summed E-state index contributed by atoms with van der Waals surface area (Å²) < 4.78 is 11.1. The van der Waals surface area contributed by atoms with Crippen LogP contribution in [0.5, 0.6) is 5.75 Å². The molecule has 1 aliphatic heterocycles. The second-order valence-electron chi connectivity index (χ2n) is 4.03. The second-order valence-corrected chi connectivity index (χ2v) is 4.03. The van der Waals surface area contributed by atoms with Gasteiger partial charge in [-0.2, -0.15) is 0 Å². The highest BCUT2D eigenvalue weighted by Gasteiger charge is 2.21. The molecule has 1 N–H and O–H groups in total. The van der Waals surface area contributed by atoms with E-state index in [1.165, 1.54) is 0 Å². The van der Waals surface area contributed by atoms with E-state index in [0.29, 0.717) is 0 Å². The lowest BCUT2D eigenvalue weighted by Gasteiger charge is -2.04. The van der Waals surface area contributed by atoms with Gasteiger partial charge in [0.2, 0.25) is 0 Å². The lowest BCUT2D eigenvalue weighted by molar-refractivity contribution is 0.409. The number of methoxy groups -OCH3 is 1. The molecule has 1 aliphatic rings. The van der Waals surface area contributed by atoms with Gasteiger partial charge in [-0.25, -0.2) is 0 Å². The zero-order chi connectivity index (χ0) is 12.4. The first kappa shape index (κ1) is 10.9. The fourth-order valence-corrected chi connectivity index (χ4v) is 2.08. The van der Waals surface area contributed by atoms with E-state index in [2.05, 4.69) is 10.3 Å². The minimum Gasteiger partial charge on any atom is -0.492 e. The van der Waals surface area contributed by atoms with Crippen LogP contribution in [0.2, 0.25) is 0 Å². The fourth-order valence-electron chi connectivity index (χ4n) is 2.08. The number of rotatable bonds is 3. The maximum absolute atomic E-state index is 5.64. The van der Waals surface area contributed by atoms with E-state index in [-0.39, 0.29) is 0 Å². The summed E-state index contributed by atoms with van der Waals surface area (Å²) in [7, 11) is 1.65. The van der Waals surface area contributed by atoms with Crippen molar-refractivity contribution in [2.24, 2.45) is 4.99 Å². The van der Waals surface area contributed by atoms with E-state index in [9.17, 15) is 0 Å². The number of nitrogens with one attached hydrogen (secondary N) is 1. The largest absolute Gasteiger partial charge is 0.492 e. The standard InChI is InChI=1S/C14H14N2O2/c1-17-13-11(14-15-7-8-16-14)9-18-12(13)10-5-3-2-4-6-10/h2-6,9H,7-8H2,1H3,(H,15,16). The molecule has 0 spiro atoms. The molecule has 0 bridgehead atoms. The van der Waals surface area contributed by atoms with Gasteiger partial charge in [-0.05, 0) is 0 Å². The van der Waals surface area contributed by atoms with Crippen LogP contribution < -0.4 is 10.1 Å². The van der Waals surface area contributed by atoms with Crippen molar-refractivity contribution < 1.29 is 9.15 Å². The Labute approximate surface area is 105 Å². The first-order chi connectivity index (χ1) is 8.90. The molecule has 18 heavy (non-hydrogen) atoms. The molecular weight excluding hydrogens is 228 g/mol. The summed E-state index contributed by atoms with van der Waals surface area (Å²) >= 11 is 0. The number of hydrogen-bond acceptors (Lipinski definition) is 4. The van der Waals surface area contributed by atoms with Crippen LogP contribution in [0.25, 0.3) is 11.3 Å². The van der Waals surface area contributed by atoms with E-state index < -0.39 is 0 Å². The first-order valence-corrected chi connectivity index (χ1v) is 5.89. The van der Waals surface area contributed by atoms with E-state index >= 15 is 0 Å². The van der Waals surface area contributed by atoms with E-state index in [4.69, 9.17) is 9.15 Å². The summed E-state index contributed by atoms with van der Waals surface area (Å²) in [5, 5.41) is 3.22. The molecule has 0 unspecified atom stereocenters. The van der Waals surface area contributed by atoms with Gasteiger partial charge in [0.15, 0.2) is 11.5 Å². The van der Waals surface area contributed by atoms with Crippen molar-refractivity contribution in [2.75, 3.05) is 20.2 Å². The summed E-state index contributed by atoms with van der Waals surface area (Å²) in [4.78, 5) is 4.39. The Balaban J connectivity index is 2.07.